The molecule has 0 heterocycles. The molecule has 340 valence electrons. The maximum atomic E-state index is 11.1. The van der Waals surface area contributed by atoms with Gasteiger partial charge in [-0.05, 0) is 0 Å². The topological polar surface area (TPSA) is 601 Å². The molecular weight excluding hydrogens is 1140 g/mol. The van der Waals surface area contributed by atoms with Crippen molar-refractivity contribution in [3.8, 4) is 23.0 Å². The molecular formula is C24H11N12O28Th-. The molecule has 4 rings (SSSR count). The van der Waals surface area contributed by atoms with Crippen LogP contribution >= 0.6 is 0 Å². The fourth-order valence-electron chi connectivity index (χ4n) is 3.88. The summed E-state index contributed by atoms with van der Waals surface area (Å²) in [5.74, 6) is -5.08. The van der Waals surface area contributed by atoms with Crippen molar-refractivity contribution in [3.63, 3.8) is 0 Å². The number of non-ortho nitro benzene ring substituents is 4. The van der Waals surface area contributed by atoms with Gasteiger partial charge in [-0.25, -0.2) is 0 Å². The summed E-state index contributed by atoms with van der Waals surface area (Å²) in [4.78, 5) is 111. The second kappa shape index (κ2) is 22.7. The molecule has 0 aliphatic rings. The summed E-state index contributed by atoms with van der Waals surface area (Å²) >= 11 is 0. The summed E-state index contributed by atoms with van der Waals surface area (Å²) in [5, 5.41) is 163. The van der Waals surface area contributed by atoms with Gasteiger partial charge < -0.3 is 20.4 Å². The minimum atomic E-state index is -1.46. The Morgan fingerprint density at radius 1 is 0.262 bits per heavy atom. The first-order valence-corrected chi connectivity index (χ1v) is 14.6. The third kappa shape index (κ3) is 14.1. The Balaban J connectivity index is 0.000000836. The minimum Gasteiger partial charge on any atom is -0.863 e. The van der Waals surface area contributed by atoms with Crippen LogP contribution in [0.1, 0.15) is 0 Å². The first-order chi connectivity index (χ1) is 29.4. The SMILES string of the molecule is O=[N+]([O-])c1cc([N+](=O)[O-])c(O)c([N+](=O)[O-])c1.O=[N+]([O-])c1cc([N+](=O)[O-])c(O)c([N+](=O)[O-])c1.O=[N+]([O-])c1cc([N+](=O)[O-])c(O)c([N+](=O)[O-])c1.O=[N+]([O-])c1cc([N+](=O)[O-])c([O-])c([N+](=O)[O-])c1.[Th]. The molecule has 0 radical (unpaired) electrons. The van der Waals surface area contributed by atoms with Gasteiger partial charge in [0.2, 0.25) is 0 Å². The normalized spacial score (nSPS) is 9.60. The van der Waals surface area contributed by atoms with Crippen molar-refractivity contribution in [2.75, 3.05) is 0 Å². The van der Waals surface area contributed by atoms with Crippen molar-refractivity contribution in [2.45, 2.75) is 0 Å². The largest absolute Gasteiger partial charge is 0.863 e. The van der Waals surface area contributed by atoms with Gasteiger partial charge in [0.05, 0.1) is 113 Å². The number of aromatic hydroxyl groups is 3. The van der Waals surface area contributed by atoms with E-state index >= 15 is 0 Å². The molecule has 0 saturated heterocycles. The van der Waals surface area contributed by atoms with Gasteiger partial charge in [-0.1, -0.05) is 0 Å². The predicted molar refractivity (Wildman–Crippen MR) is 190 cm³/mol. The van der Waals surface area contributed by atoms with Crippen LogP contribution in [0.2, 0.25) is 0 Å². The maximum Gasteiger partial charge on any atom is 0.324 e. The van der Waals surface area contributed by atoms with Crippen LogP contribution in [0.4, 0.5) is 68.2 Å². The molecule has 4 aromatic carbocycles. The molecule has 3 N–H and O–H groups in total. The van der Waals surface area contributed by atoms with E-state index in [4.69, 9.17) is 15.3 Å². The van der Waals surface area contributed by atoms with E-state index in [0.29, 0.717) is 48.5 Å². The Morgan fingerprint density at radius 2 is 0.385 bits per heavy atom. The molecule has 0 amide bonds. The van der Waals surface area contributed by atoms with Gasteiger partial charge in [-0.2, -0.15) is 0 Å². The zero-order chi connectivity index (χ0) is 49.8. The molecule has 40 nitrogen and oxygen atoms in total. The number of phenols is 3. The van der Waals surface area contributed by atoms with E-state index in [2.05, 4.69) is 0 Å². The molecule has 0 atom stereocenters. The van der Waals surface area contributed by atoms with Crippen molar-refractivity contribution in [2.24, 2.45) is 0 Å². The van der Waals surface area contributed by atoms with Gasteiger partial charge in [-0.15, -0.1) is 0 Å². The number of nitro groups is 12. The van der Waals surface area contributed by atoms with E-state index in [0.717, 1.165) is 0 Å². The number of rotatable bonds is 12. The zero-order valence-corrected chi connectivity index (χ0v) is 34.1. The predicted octanol–water partition coefficient (Wildman–Crippen LogP) is 3.84. The van der Waals surface area contributed by atoms with E-state index in [1.165, 1.54) is 0 Å². The monoisotopic (exact) mass is 1150 g/mol. The van der Waals surface area contributed by atoms with Gasteiger partial charge >= 0.3 is 34.1 Å². The Bertz CT molecular complexity index is 2220. The molecule has 0 fully saturated rings. The summed E-state index contributed by atoms with van der Waals surface area (Å²) in [6.07, 6.45) is 0. The number of hydrogen-bond donors (Lipinski definition) is 3. The quantitative estimate of drug-likeness (QED) is 0.134. The molecule has 0 bridgehead atoms. The fourth-order valence-corrected chi connectivity index (χ4v) is 3.88. The Hall–Kier alpha value is -9.80. The van der Waals surface area contributed by atoms with Crippen LogP contribution in [0.5, 0.6) is 23.0 Å². The second-order valence-electron chi connectivity index (χ2n) is 10.4. The maximum absolute atomic E-state index is 11.1. The third-order valence-electron chi connectivity index (χ3n) is 6.61. The second-order valence-corrected chi connectivity index (χ2v) is 10.4. The molecule has 4 aromatic rings. The van der Waals surface area contributed by atoms with E-state index in [9.17, 15) is 126 Å². The molecule has 65 heavy (non-hydrogen) atoms. The summed E-state index contributed by atoms with van der Waals surface area (Å²) in [7, 11) is 0. The third-order valence-corrected chi connectivity index (χ3v) is 6.61. The van der Waals surface area contributed by atoms with Gasteiger partial charge in [0.25, 0.3) is 51.4 Å². The average Bonchev–Trinajstić information content (AvgIpc) is 3.17. The Kier molecular flexibility index (Phi) is 19.3. The van der Waals surface area contributed by atoms with Crippen molar-refractivity contribution >= 4 is 68.2 Å². The summed E-state index contributed by atoms with van der Waals surface area (Å²) in [6, 6.07) is 3.45. The first-order valence-electron chi connectivity index (χ1n) is 14.6. The van der Waals surface area contributed by atoms with Gasteiger partial charge in [0, 0.05) is 39.9 Å². The Labute approximate surface area is 379 Å². The molecule has 0 saturated carbocycles. The van der Waals surface area contributed by atoms with Crippen molar-refractivity contribution in [1.82, 2.24) is 0 Å². The van der Waals surface area contributed by atoms with E-state index < -0.39 is 150 Å². The van der Waals surface area contributed by atoms with E-state index in [-0.39, 0.29) is 39.9 Å². The zero-order valence-electron chi connectivity index (χ0n) is 30.0. The van der Waals surface area contributed by atoms with Crippen molar-refractivity contribution in [3.05, 3.63) is 170 Å². The molecule has 0 aliphatic carbocycles. The number of benzene rings is 4. The van der Waals surface area contributed by atoms with Gasteiger partial charge in [-0.3, -0.25) is 121 Å². The number of phenolic OH excluding ortho intramolecular Hbond substituents is 3. The van der Waals surface area contributed by atoms with Crippen molar-refractivity contribution < 1.29 is 119 Å². The minimum absolute atomic E-state index is 0. The smallest absolute Gasteiger partial charge is 0.324 e. The fraction of sp³-hybridized carbons (Fsp3) is 0. The van der Waals surface area contributed by atoms with Crippen LogP contribution in [-0.2, 0) is 0 Å². The number of hydrogen-bond acceptors (Lipinski definition) is 28. The van der Waals surface area contributed by atoms with Crippen molar-refractivity contribution in [1.29, 1.82) is 0 Å². The summed E-state index contributed by atoms with van der Waals surface area (Å²) in [6.45, 7) is 0. The van der Waals surface area contributed by atoms with Crippen LogP contribution in [0.3, 0.4) is 0 Å². The summed E-state index contributed by atoms with van der Waals surface area (Å²) in [5.41, 5.74) is -12.3. The standard InChI is InChI=1S/4C6H3N3O7.Th/c4*10-6-4(8(13)14)1-3(7(11)12)2-5(6)9(15)16;/h4*1-2,10H;/p-1. The van der Waals surface area contributed by atoms with Crippen LogP contribution in [-0.4, -0.2) is 74.4 Å². The molecule has 0 spiro atoms. The molecule has 41 heteroatoms. The summed E-state index contributed by atoms with van der Waals surface area (Å²) < 4.78 is 0. The first kappa shape index (κ1) is 55.2. The average molecular weight is 1150 g/mol. The Morgan fingerprint density at radius 3 is 0.492 bits per heavy atom. The molecule has 0 aromatic heterocycles. The van der Waals surface area contributed by atoms with Gasteiger partial charge in [0.15, 0.2) is 0 Å². The van der Waals surface area contributed by atoms with Crippen LogP contribution in [0.25, 0.3) is 0 Å². The molecule has 0 aliphatic heterocycles. The van der Waals surface area contributed by atoms with Crippen LogP contribution in [0, 0.1) is 161 Å². The molecule has 0 unspecified atom stereocenters. The van der Waals surface area contributed by atoms with Crippen LogP contribution < -0.4 is 5.11 Å². The van der Waals surface area contributed by atoms with Gasteiger partial charge in [0.1, 0.15) is 0 Å². The number of nitrogens with zero attached hydrogens (tertiary/aromatic N) is 12. The van der Waals surface area contributed by atoms with Crippen LogP contribution in [0.15, 0.2) is 48.5 Å². The van der Waals surface area contributed by atoms with E-state index in [1.807, 2.05) is 0 Å². The number of nitro benzene ring substituents is 12. The van der Waals surface area contributed by atoms with E-state index in [1.54, 1.807) is 0 Å².